The predicted octanol–water partition coefficient (Wildman–Crippen LogP) is 3.77. The molecule has 0 radical (unpaired) electrons. The predicted molar refractivity (Wildman–Crippen MR) is 107 cm³/mol. The van der Waals surface area contributed by atoms with Gasteiger partial charge in [0.15, 0.2) is 0 Å². The summed E-state index contributed by atoms with van der Waals surface area (Å²) in [6, 6.07) is 13.6. The Morgan fingerprint density at radius 3 is 2.31 bits per heavy atom. The Labute approximate surface area is 167 Å². The van der Waals surface area contributed by atoms with Gasteiger partial charge in [-0.15, -0.1) is 0 Å². The molecule has 0 aliphatic rings. The van der Waals surface area contributed by atoms with Crippen LogP contribution in [0.4, 0.5) is 0 Å². The second-order valence-corrected chi connectivity index (χ2v) is 9.08. The van der Waals surface area contributed by atoms with Gasteiger partial charge in [0.1, 0.15) is 0 Å². The quantitative estimate of drug-likeness (QED) is 0.633. The average Bonchev–Trinajstić information content (AvgIpc) is 2.61. The molecule has 0 saturated heterocycles. The number of rotatable bonds is 7. The first-order valence-electron chi connectivity index (χ1n) is 7.98. The SMILES string of the molecule is CCN(Cc1ccccc1Cl)C(=O)CN(C)S(=O)(=O)c1ccc(Br)cc1. The van der Waals surface area contributed by atoms with E-state index in [1.165, 1.54) is 19.2 Å². The molecule has 5 nitrogen and oxygen atoms in total. The van der Waals surface area contributed by atoms with Crippen LogP contribution in [0.2, 0.25) is 5.02 Å². The van der Waals surface area contributed by atoms with Crippen LogP contribution in [0, 0.1) is 0 Å². The largest absolute Gasteiger partial charge is 0.337 e. The summed E-state index contributed by atoms with van der Waals surface area (Å²) in [5, 5.41) is 0.578. The highest BCUT2D eigenvalue weighted by Crippen LogP contribution is 2.19. The third kappa shape index (κ3) is 5.07. The van der Waals surface area contributed by atoms with E-state index in [0.29, 0.717) is 18.1 Å². The van der Waals surface area contributed by atoms with Crippen molar-refractivity contribution in [2.24, 2.45) is 0 Å². The van der Waals surface area contributed by atoms with Gasteiger partial charge in [-0.2, -0.15) is 4.31 Å². The lowest BCUT2D eigenvalue weighted by Gasteiger charge is -2.24. The van der Waals surface area contributed by atoms with Crippen LogP contribution >= 0.6 is 27.5 Å². The summed E-state index contributed by atoms with van der Waals surface area (Å²) in [5.74, 6) is -0.282. The maximum absolute atomic E-state index is 12.6. The van der Waals surface area contributed by atoms with Crippen LogP contribution in [-0.4, -0.2) is 43.7 Å². The molecule has 0 atom stereocenters. The molecule has 0 aromatic heterocycles. The molecule has 0 fully saturated rings. The summed E-state index contributed by atoms with van der Waals surface area (Å²) in [4.78, 5) is 14.3. The van der Waals surface area contributed by atoms with Gasteiger partial charge in [-0.3, -0.25) is 4.79 Å². The monoisotopic (exact) mass is 458 g/mol. The van der Waals surface area contributed by atoms with Crippen LogP contribution < -0.4 is 0 Å². The summed E-state index contributed by atoms with van der Waals surface area (Å²) in [6.45, 7) is 2.39. The van der Waals surface area contributed by atoms with Crippen molar-refractivity contribution in [2.75, 3.05) is 20.1 Å². The van der Waals surface area contributed by atoms with E-state index in [4.69, 9.17) is 11.6 Å². The normalized spacial score (nSPS) is 11.6. The van der Waals surface area contributed by atoms with Crippen LogP contribution in [-0.2, 0) is 21.4 Å². The first-order chi connectivity index (χ1) is 12.3. The third-order valence-electron chi connectivity index (χ3n) is 3.93. The van der Waals surface area contributed by atoms with E-state index in [1.54, 1.807) is 23.1 Å². The van der Waals surface area contributed by atoms with Crippen LogP contribution in [0.1, 0.15) is 12.5 Å². The van der Waals surface area contributed by atoms with Crippen molar-refractivity contribution in [1.29, 1.82) is 0 Å². The molecule has 140 valence electrons. The molecule has 0 N–H and O–H groups in total. The molecular formula is C18H20BrClN2O3S. The first-order valence-corrected chi connectivity index (χ1v) is 10.6. The van der Waals surface area contributed by atoms with Crippen molar-refractivity contribution in [3.8, 4) is 0 Å². The fraction of sp³-hybridized carbons (Fsp3) is 0.278. The number of carbonyl (C=O) groups excluding carboxylic acids is 1. The second kappa shape index (κ2) is 8.99. The summed E-state index contributed by atoms with van der Waals surface area (Å²) >= 11 is 9.43. The lowest BCUT2D eigenvalue weighted by atomic mass is 10.2. The lowest BCUT2D eigenvalue weighted by Crippen LogP contribution is -2.40. The van der Waals surface area contributed by atoms with Crippen LogP contribution in [0.3, 0.4) is 0 Å². The molecule has 0 aliphatic heterocycles. The highest BCUT2D eigenvalue weighted by molar-refractivity contribution is 9.10. The number of halogens is 2. The number of sulfonamides is 1. The van der Waals surface area contributed by atoms with Crippen LogP contribution in [0.5, 0.6) is 0 Å². The smallest absolute Gasteiger partial charge is 0.243 e. The molecule has 0 aliphatic carbocycles. The Morgan fingerprint density at radius 2 is 1.73 bits per heavy atom. The molecule has 2 rings (SSSR count). The molecule has 0 bridgehead atoms. The molecule has 1 amide bonds. The van der Waals surface area contributed by atoms with Gasteiger partial charge < -0.3 is 4.90 Å². The Balaban J connectivity index is 2.11. The van der Waals surface area contributed by atoms with Crippen molar-refractivity contribution in [3.05, 3.63) is 63.6 Å². The number of amides is 1. The van der Waals surface area contributed by atoms with Crippen molar-refractivity contribution in [3.63, 3.8) is 0 Å². The minimum atomic E-state index is -3.73. The fourth-order valence-corrected chi connectivity index (χ4v) is 3.95. The molecule has 0 spiro atoms. The maximum atomic E-state index is 12.6. The first kappa shape index (κ1) is 20.9. The zero-order valence-electron chi connectivity index (χ0n) is 14.5. The van der Waals surface area contributed by atoms with Crippen molar-refractivity contribution < 1.29 is 13.2 Å². The molecule has 0 heterocycles. The summed E-state index contributed by atoms with van der Waals surface area (Å²) in [5.41, 5.74) is 0.822. The van der Waals surface area contributed by atoms with E-state index >= 15 is 0 Å². The molecule has 2 aromatic carbocycles. The van der Waals surface area contributed by atoms with E-state index in [2.05, 4.69) is 15.9 Å². The standard InChI is InChI=1S/C18H20BrClN2O3S/c1-3-22(12-14-6-4-5-7-17(14)20)18(23)13-21(2)26(24,25)16-10-8-15(19)9-11-16/h4-11H,3,12-13H2,1-2H3. The molecule has 0 saturated carbocycles. The Kier molecular flexibility index (Phi) is 7.23. The Bertz CT molecular complexity index is 872. The molecule has 2 aromatic rings. The maximum Gasteiger partial charge on any atom is 0.243 e. The number of likely N-dealkylation sites (N-methyl/N-ethyl adjacent to an activating group) is 2. The highest BCUT2D eigenvalue weighted by atomic mass is 79.9. The minimum Gasteiger partial charge on any atom is -0.337 e. The van der Waals surface area contributed by atoms with Gasteiger partial charge in [0.25, 0.3) is 0 Å². The minimum absolute atomic E-state index is 0.144. The van der Waals surface area contributed by atoms with E-state index in [1.807, 2.05) is 25.1 Å². The number of hydrogen-bond donors (Lipinski definition) is 0. The molecule has 8 heteroatoms. The number of nitrogens with zero attached hydrogens (tertiary/aromatic N) is 2. The van der Waals surface area contributed by atoms with Gasteiger partial charge in [0.05, 0.1) is 11.4 Å². The Hall–Kier alpha value is -1.41. The lowest BCUT2D eigenvalue weighted by molar-refractivity contribution is -0.131. The van der Waals surface area contributed by atoms with Crippen molar-refractivity contribution in [2.45, 2.75) is 18.4 Å². The van der Waals surface area contributed by atoms with Gasteiger partial charge in [0.2, 0.25) is 15.9 Å². The van der Waals surface area contributed by atoms with Crippen LogP contribution in [0.25, 0.3) is 0 Å². The summed E-state index contributed by atoms with van der Waals surface area (Å²) < 4.78 is 27.1. The van der Waals surface area contributed by atoms with Crippen molar-refractivity contribution in [1.82, 2.24) is 9.21 Å². The molecule has 26 heavy (non-hydrogen) atoms. The molecule has 0 unspecified atom stereocenters. The molecular weight excluding hydrogens is 440 g/mol. The second-order valence-electron chi connectivity index (χ2n) is 5.71. The average molecular weight is 460 g/mol. The number of benzene rings is 2. The van der Waals surface area contributed by atoms with E-state index < -0.39 is 10.0 Å². The Morgan fingerprint density at radius 1 is 1.12 bits per heavy atom. The van der Waals surface area contributed by atoms with E-state index in [-0.39, 0.29) is 17.3 Å². The van der Waals surface area contributed by atoms with E-state index in [0.717, 1.165) is 14.3 Å². The van der Waals surface area contributed by atoms with Gasteiger partial charge >= 0.3 is 0 Å². The van der Waals surface area contributed by atoms with Crippen LogP contribution in [0.15, 0.2) is 57.9 Å². The third-order valence-corrected chi connectivity index (χ3v) is 6.65. The topological polar surface area (TPSA) is 57.7 Å². The van der Waals surface area contributed by atoms with Gasteiger partial charge in [0, 0.05) is 29.6 Å². The zero-order valence-corrected chi connectivity index (χ0v) is 17.7. The fourth-order valence-electron chi connectivity index (χ4n) is 2.37. The highest BCUT2D eigenvalue weighted by Gasteiger charge is 2.25. The van der Waals surface area contributed by atoms with Gasteiger partial charge in [-0.05, 0) is 42.8 Å². The number of hydrogen-bond acceptors (Lipinski definition) is 3. The van der Waals surface area contributed by atoms with E-state index in [9.17, 15) is 13.2 Å². The summed E-state index contributed by atoms with van der Waals surface area (Å²) in [6.07, 6.45) is 0. The van der Waals surface area contributed by atoms with Crippen molar-refractivity contribution >= 4 is 43.5 Å². The number of carbonyl (C=O) groups is 1. The zero-order chi connectivity index (χ0) is 19.3. The van der Waals surface area contributed by atoms with Gasteiger partial charge in [-0.1, -0.05) is 45.7 Å². The van der Waals surface area contributed by atoms with Gasteiger partial charge in [-0.25, -0.2) is 8.42 Å². The summed E-state index contributed by atoms with van der Waals surface area (Å²) in [7, 11) is -2.33.